The van der Waals surface area contributed by atoms with Crippen molar-refractivity contribution in [1.29, 1.82) is 0 Å². The first-order chi connectivity index (χ1) is 10.9. The molecule has 0 radical (unpaired) electrons. The minimum atomic E-state index is -3.40. The normalized spacial score (nSPS) is 11.0. The molecule has 0 aliphatic carbocycles. The quantitative estimate of drug-likeness (QED) is 0.801. The van der Waals surface area contributed by atoms with Crippen molar-refractivity contribution < 1.29 is 17.9 Å². The molecule has 0 aliphatic rings. The molecule has 8 heteroatoms. The Morgan fingerprint density at radius 2 is 2.09 bits per heavy atom. The fourth-order valence-corrected chi connectivity index (χ4v) is 3.24. The first-order valence-corrected chi connectivity index (χ1v) is 9.67. The van der Waals surface area contributed by atoms with Crippen LogP contribution in [0, 0.1) is 0 Å². The maximum absolute atomic E-state index is 12.0. The number of hydrogen-bond donors (Lipinski definition) is 2. The van der Waals surface area contributed by atoms with Crippen LogP contribution in [0.25, 0.3) is 0 Å². The smallest absolute Gasteiger partial charge is 0.229 e. The van der Waals surface area contributed by atoms with E-state index >= 15 is 0 Å². The van der Waals surface area contributed by atoms with Gasteiger partial charge >= 0.3 is 0 Å². The maximum atomic E-state index is 12.0. The molecule has 1 aromatic carbocycles. The average molecular weight is 354 g/mol. The predicted octanol–water partition coefficient (Wildman–Crippen LogP) is 2.70. The third-order valence-corrected chi connectivity index (χ3v) is 4.32. The molecule has 1 aromatic heterocycles. The van der Waals surface area contributed by atoms with E-state index in [0.29, 0.717) is 30.0 Å². The minimum absolute atomic E-state index is 0.109. The number of carbonyl (C=O) groups excluding carboxylic acids is 1. The van der Waals surface area contributed by atoms with Gasteiger partial charge in [-0.05, 0) is 40.9 Å². The van der Waals surface area contributed by atoms with E-state index in [1.807, 2.05) is 16.8 Å². The van der Waals surface area contributed by atoms with E-state index in [0.717, 1.165) is 11.8 Å². The molecule has 0 aliphatic heterocycles. The number of hydrogen-bond acceptors (Lipinski definition) is 5. The van der Waals surface area contributed by atoms with Crippen LogP contribution in [0.2, 0.25) is 0 Å². The molecule has 0 saturated carbocycles. The lowest BCUT2D eigenvalue weighted by atomic mass is 10.2. The maximum Gasteiger partial charge on any atom is 0.229 e. The molecular formula is C15H18N2O4S2. The Bertz CT molecular complexity index is 771. The zero-order valence-corrected chi connectivity index (χ0v) is 14.5. The lowest BCUT2D eigenvalue weighted by Gasteiger charge is -2.12. The summed E-state index contributed by atoms with van der Waals surface area (Å²) >= 11 is 1.60. The van der Waals surface area contributed by atoms with Crippen molar-refractivity contribution in [1.82, 2.24) is 0 Å². The number of thiophene rings is 1. The first kappa shape index (κ1) is 17.3. The van der Waals surface area contributed by atoms with Gasteiger partial charge < -0.3 is 10.1 Å². The van der Waals surface area contributed by atoms with E-state index in [1.54, 1.807) is 29.5 Å². The topological polar surface area (TPSA) is 84.5 Å². The third-order valence-electron chi connectivity index (χ3n) is 3.00. The zero-order chi connectivity index (χ0) is 16.9. The Morgan fingerprint density at radius 1 is 1.30 bits per heavy atom. The summed E-state index contributed by atoms with van der Waals surface area (Å²) in [6.07, 6.45) is 2.12. The van der Waals surface area contributed by atoms with Gasteiger partial charge in [-0.25, -0.2) is 8.42 Å². The highest BCUT2D eigenvalue weighted by atomic mass is 32.2. The van der Waals surface area contributed by atoms with Crippen molar-refractivity contribution in [3.63, 3.8) is 0 Å². The number of rotatable bonds is 7. The number of nitrogens with one attached hydrogen (secondary N) is 2. The van der Waals surface area contributed by atoms with E-state index in [-0.39, 0.29) is 5.91 Å². The minimum Gasteiger partial charge on any atom is -0.494 e. The largest absolute Gasteiger partial charge is 0.494 e. The van der Waals surface area contributed by atoms with Crippen molar-refractivity contribution >= 4 is 38.6 Å². The van der Waals surface area contributed by atoms with Gasteiger partial charge in [0.05, 0.1) is 19.1 Å². The van der Waals surface area contributed by atoms with E-state index in [1.165, 1.54) is 7.11 Å². The second-order valence-electron chi connectivity index (χ2n) is 4.97. The Labute approximate surface area is 139 Å². The second-order valence-corrected chi connectivity index (χ2v) is 7.50. The van der Waals surface area contributed by atoms with Crippen LogP contribution >= 0.6 is 11.3 Å². The lowest BCUT2D eigenvalue weighted by Crippen LogP contribution is -2.13. The van der Waals surface area contributed by atoms with Crippen LogP contribution in [-0.2, 0) is 21.2 Å². The molecule has 0 atom stereocenters. The highest BCUT2D eigenvalue weighted by Gasteiger charge is 2.10. The van der Waals surface area contributed by atoms with Crippen LogP contribution in [0.3, 0.4) is 0 Å². The molecule has 0 unspecified atom stereocenters. The Hall–Kier alpha value is -2.06. The predicted molar refractivity (Wildman–Crippen MR) is 92.7 cm³/mol. The van der Waals surface area contributed by atoms with Crippen LogP contribution in [-0.4, -0.2) is 27.7 Å². The highest BCUT2D eigenvalue weighted by Crippen LogP contribution is 2.28. The number of methoxy groups -OCH3 is 1. The molecule has 2 aromatic rings. The average Bonchev–Trinajstić information content (AvgIpc) is 2.98. The molecular weight excluding hydrogens is 336 g/mol. The Balaban J connectivity index is 2.01. The van der Waals surface area contributed by atoms with Crippen molar-refractivity contribution in [2.24, 2.45) is 0 Å². The summed E-state index contributed by atoms with van der Waals surface area (Å²) in [5.41, 5.74) is 2.01. The highest BCUT2D eigenvalue weighted by molar-refractivity contribution is 7.92. The molecule has 0 saturated heterocycles. The van der Waals surface area contributed by atoms with E-state index in [9.17, 15) is 13.2 Å². The molecule has 2 N–H and O–H groups in total. The zero-order valence-electron chi connectivity index (χ0n) is 12.8. The molecule has 2 rings (SSSR count). The lowest BCUT2D eigenvalue weighted by molar-refractivity contribution is -0.116. The van der Waals surface area contributed by atoms with Crippen LogP contribution < -0.4 is 14.8 Å². The van der Waals surface area contributed by atoms with Gasteiger partial charge in [0.1, 0.15) is 5.75 Å². The summed E-state index contributed by atoms with van der Waals surface area (Å²) in [7, 11) is -1.96. The van der Waals surface area contributed by atoms with Crippen molar-refractivity contribution in [2.45, 2.75) is 12.8 Å². The van der Waals surface area contributed by atoms with Crippen LogP contribution in [0.15, 0.2) is 35.0 Å². The van der Waals surface area contributed by atoms with Crippen LogP contribution in [0.1, 0.15) is 12.0 Å². The van der Waals surface area contributed by atoms with Gasteiger partial charge in [0.2, 0.25) is 15.9 Å². The molecule has 0 bridgehead atoms. The monoisotopic (exact) mass is 354 g/mol. The van der Waals surface area contributed by atoms with Crippen LogP contribution in [0.5, 0.6) is 5.75 Å². The second kappa shape index (κ2) is 7.47. The van der Waals surface area contributed by atoms with Crippen LogP contribution in [0.4, 0.5) is 11.4 Å². The first-order valence-electron chi connectivity index (χ1n) is 6.84. The molecule has 0 fully saturated rings. The summed E-state index contributed by atoms with van der Waals surface area (Å²) in [4.78, 5) is 12.0. The summed E-state index contributed by atoms with van der Waals surface area (Å²) in [6, 6.07) is 6.75. The summed E-state index contributed by atoms with van der Waals surface area (Å²) in [5, 5.41) is 6.77. The van der Waals surface area contributed by atoms with Gasteiger partial charge in [-0.2, -0.15) is 11.3 Å². The number of ether oxygens (including phenoxy) is 1. The van der Waals surface area contributed by atoms with Gasteiger partial charge in [0, 0.05) is 18.2 Å². The standard InChI is InChI=1S/C15H18N2O4S2/c1-21-14-9-12(4-5-13(14)17-23(2,19)20)16-15(18)6-3-11-7-8-22-10-11/h4-5,7-10,17H,3,6H2,1-2H3,(H,16,18). The number of sulfonamides is 1. The molecule has 124 valence electrons. The number of amides is 1. The molecule has 0 spiro atoms. The van der Waals surface area contributed by atoms with Gasteiger partial charge in [0.25, 0.3) is 0 Å². The fraction of sp³-hybridized carbons (Fsp3) is 0.267. The molecule has 1 amide bonds. The Morgan fingerprint density at radius 3 is 2.70 bits per heavy atom. The van der Waals surface area contributed by atoms with Crippen molar-refractivity contribution in [3.05, 3.63) is 40.6 Å². The summed E-state index contributed by atoms with van der Waals surface area (Å²) < 4.78 is 30.1. The third kappa shape index (κ3) is 5.57. The number of anilines is 2. The molecule has 6 nitrogen and oxygen atoms in total. The molecule has 1 heterocycles. The number of benzene rings is 1. The van der Waals surface area contributed by atoms with Crippen molar-refractivity contribution in [3.8, 4) is 5.75 Å². The summed E-state index contributed by atoms with van der Waals surface area (Å²) in [5.74, 6) is 0.230. The number of aryl methyl sites for hydroxylation is 1. The van der Waals surface area contributed by atoms with Gasteiger partial charge in [-0.1, -0.05) is 0 Å². The van der Waals surface area contributed by atoms with Gasteiger partial charge in [-0.15, -0.1) is 0 Å². The van der Waals surface area contributed by atoms with E-state index < -0.39 is 10.0 Å². The Kier molecular flexibility index (Phi) is 5.62. The fourth-order valence-electron chi connectivity index (χ4n) is 1.97. The summed E-state index contributed by atoms with van der Waals surface area (Å²) in [6.45, 7) is 0. The van der Waals surface area contributed by atoms with Gasteiger partial charge in [0.15, 0.2) is 0 Å². The SMILES string of the molecule is COc1cc(NC(=O)CCc2ccsc2)ccc1NS(C)(=O)=O. The molecule has 23 heavy (non-hydrogen) atoms. The van der Waals surface area contributed by atoms with Crippen molar-refractivity contribution in [2.75, 3.05) is 23.4 Å². The van der Waals surface area contributed by atoms with E-state index in [4.69, 9.17) is 4.74 Å². The van der Waals surface area contributed by atoms with E-state index in [2.05, 4.69) is 10.0 Å². The van der Waals surface area contributed by atoms with Gasteiger partial charge in [-0.3, -0.25) is 9.52 Å². The number of carbonyl (C=O) groups is 1.